The molecule has 0 spiro atoms. The first-order chi connectivity index (χ1) is 12.7. The van der Waals surface area contributed by atoms with Gasteiger partial charge in [-0.2, -0.15) is 5.10 Å². The van der Waals surface area contributed by atoms with Gasteiger partial charge in [-0.15, -0.1) is 0 Å². The lowest BCUT2D eigenvalue weighted by molar-refractivity contribution is -0.136. The largest absolute Gasteiger partial charge is 0.481 e. The number of benzene rings is 2. The number of sulfonamides is 1. The van der Waals surface area contributed by atoms with Gasteiger partial charge in [-0.3, -0.25) is 4.79 Å². The average Bonchev–Trinajstić information content (AvgIpc) is 3.04. The predicted octanol–water partition coefficient (Wildman–Crippen LogP) is 2.81. The Morgan fingerprint density at radius 1 is 1.11 bits per heavy atom. The van der Waals surface area contributed by atoms with Crippen molar-refractivity contribution in [1.29, 1.82) is 0 Å². The van der Waals surface area contributed by atoms with Crippen LogP contribution in [0.5, 0.6) is 0 Å². The molecule has 0 atom stereocenters. The summed E-state index contributed by atoms with van der Waals surface area (Å²) < 4.78 is 25.7. The zero-order chi connectivity index (χ0) is 19.6. The van der Waals surface area contributed by atoms with E-state index in [2.05, 4.69) is 27.7 Å². The molecule has 0 unspecified atom stereocenters. The van der Waals surface area contributed by atoms with Gasteiger partial charge < -0.3 is 5.11 Å². The van der Waals surface area contributed by atoms with E-state index >= 15 is 0 Å². The summed E-state index contributed by atoms with van der Waals surface area (Å²) in [5.41, 5.74) is 2.99. The normalized spacial score (nSPS) is 11.5. The van der Waals surface area contributed by atoms with Crippen LogP contribution in [-0.4, -0.2) is 29.3 Å². The summed E-state index contributed by atoms with van der Waals surface area (Å²) in [6.07, 6.45) is 0.280. The maximum Gasteiger partial charge on any atom is 0.303 e. The van der Waals surface area contributed by atoms with Crippen molar-refractivity contribution in [3.05, 3.63) is 63.9 Å². The third kappa shape index (κ3) is 4.73. The van der Waals surface area contributed by atoms with Gasteiger partial charge in [-0.1, -0.05) is 12.1 Å². The summed E-state index contributed by atoms with van der Waals surface area (Å²) in [6.45, 7) is 0. The Hall–Kier alpha value is -2.24. The number of aliphatic carboxylic acids is 1. The minimum atomic E-state index is -3.78. The van der Waals surface area contributed by atoms with Gasteiger partial charge in [-0.25, -0.2) is 18.2 Å². The first-order valence-electron chi connectivity index (χ1n) is 7.94. The van der Waals surface area contributed by atoms with Crippen LogP contribution in [0.4, 0.5) is 0 Å². The number of aromatic nitrogens is 2. The number of aryl methyl sites for hydroxylation is 1. The Kier molecular flexibility index (Phi) is 5.63. The zero-order valence-electron chi connectivity index (χ0n) is 14.0. The molecule has 0 amide bonds. The summed E-state index contributed by atoms with van der Waals surface area (Å²) in [5.74, 6) is -0.891. The molecule has 27 heavy (non-hydrogen) atoms. The Balaban J connectivity index is 2.06. The summed E-state index contributed by atoms with van der Waals surface area (Å²) in [4.78, 5) is 10.9. The maximum absolute atomic E-state index is 11.5. The van der Waals surface area contributed by atoms with Crippen LogP contribution in [-0.2, 0) is 21.2 Å². The van der Waals surface area contributed by atoms with E-state index in [-0.39, 0.29) is 11.3 Å². The van der Waals surface area contributed by atoms with Crippen LogP contribution >= 0.6 is 22.6 Å². The fourth-order valence-electron chi connectivity index (χ4n) is 2.59. The minimum Gasteiger partial charge on any atom is -0.481 e. The highest BCUT2D eigenvalue weighted by atomic mass is 127. The molecular weight excluding hydrogens is 481 g/mol. The molecule has 0 bridgehead atoms. The number of nitrogens with zero attached hydrogens (tertiary/aromatic N) is 2. The van der Waals surface area contributed by atoms with E-state index in [0.29, 0.717) is 17.8 Å². The van der Waals surface area contributed by atoms with Crippen LogP contribution in [0.25, 0.3) is 16.9 Å². The first-order valence-corrected chi connectivity index (χ1v) is 10.6. The molecule has 1 heterocycles. The maximum atomic E-state index is 11.5. The standard InChI is InChI=1S/C18H16IN3O4S/c19-13-3-1-12(2-4-13)17-11-14(5-10-18(23)24)21-22(17)15-6-8-16(9-7-15)27(20,25)26/h1-4,6-9,11H,5,10H2,(H,23,24)(H2,20,25,26). The van der Waals surface area contributed by atoms with Crippen LogP contribution < -0.4 is 5.14 Å². The van der Waals surface area contributed by atoms with Gasteiger partial charge in [0.2, 0.25) is 10.0 Å². The number of hydrogen-bond acceptors (Lipinski definition) is 4. The van der Waals surface area contributed by atoms with E-state index in [1.54, 1.807) is 16.8 Å². The Morgan fingerprint density at radius 3 is 2.30 bits per heavy atom. The van der Waals surface area contributed by atoms with Crippen molar-refractivity contribution in [2.45, 2.75) is 17.7 Å². The number of halogens is 1. The van der Waals surface area contributed by atoms with Crippen LogP contribution in [0.3, 0.4) is 0 Å². The van der Waals surface area contributed by atoms with E-state index in [9.17, 15) is 13.2 Å². The molecule has 140 valence electrons. The fraction of sp³-hybridized carbons (Fsp3) is 0.111. The van der Waals surface area contributed by atoms with Gasteiger partial charge in [0, 0.05) is 15.6 Å². The Labute approximate surface area is 170 Å². The average molecular weight is 497 g/mol. The van der Waals surface area contributed by atoms with E-state index < -0.39 is 16.0 Å². The molecule has 3 aromatic rings. The van der Waals surface area contributed by atoms with Gasteiger partial charge in [0.25, 0.3) is 0 Å². The molecule has 9 heteroatoms. The van der Waals surface area contributed by atoms with Gasteiger partial charge in [0.15, 0.2) is 0 Å². The number of rotatable bonds is 6. The van der Waals surface area contributed by atoms with Crippen LogP contribution in [0.1, 0.15) is 12.1 Å². The van der Waals surface area contributed by atoms with Crippen LogP contribution in [0, 0.1) is 3.57 Å². The second-order valence-corrected chi connectivity index (χ2v) is 8.68. The van der Waals surface area contributed by atoms with Gasteiger partial charge in [0.1, 0.15) is 0 Å². The van der Waals surface area contributed by atoms with Crippen molar-refractivity contribution in [1.82, 2.24) is 9.78 Å². The molecule has 3 N–H and O–H groups in total. The van der Waals surface area contributed by atoms with Gasteiger partial charge in [-0.05, 0) is 65.1 Å². The molecule has 3 rings (SSSR count). The number of carboxylic acid groups (broad SMARTS) is 1. The second-order valence-electron chi connectivity index (χ2n) is 5.87. The zero-order valence-corrected chi connectivity index (χ0v) is 17.0. The Morgan fingerprint density at radius 2 is 1.74 bits per heavy atom. The molecule has 0 aliphatic rings. The summed E-state index contributed by atoms with van der Waals surface area (Å²) in [5, 5.41) is 18.6. The molecule has 0 radical (unpaired) electrons. The molecule has 0 fully saturated rings. The van der Waals surface area contributed by atoms with E-state index in [1.165, 1.54) is 12.1 Å². The molecule has 2 aromatic carbocycles. The Bertz CT molecular complexity index is 1070. The molecule has 7 nitrogen and oxygen atoms in total. The highest BCUT2D eigenvalue weighted by Gasteiger charge is 2.14. The number of primary sulfonamides is 1. The van der Waals surface area contributed by atoms with E-state index in [1.807, 2.05) is 30.3 Å². The molecule has 0 saturated carbocycles. The second kappa shape index (κ2) is 7.79. The van der Waals surface area contributed by atoms with Crippen molar-refractivity contribution in [3.8, 4) is 16.9 Å². The summed E-state index contributed by atoms with van der Waals surface area (Å²) in [6, 6.07) is 15.8. The number of hydrogen-bond donors (Lipinski definition) is 2. The summed E-state index contributed by atoms with van der Waals surface area (Å²) >= 11 is 2.22. The topological polar surface area (TPSA) is 115 Å². The lowest BCUT2D eigenvalue weighted by Crippen LogP contribution is -2.12. The molecular formula is C18H16IN3O4S. The lowest BCUT2D eigenvalue weighted by atomic mass is 10.1. The van der Waals surface area contributed by atoms with E-state index in [4.69, 9.17) is 10.2 Å². The number of carbonyl (C=O) groups is 1. The molecule has 0 aliphatic carbocycles. The number of carboxylic acids is 1. The fourth-order valence-corrected chi connectivity index (χ4v) is 3.46. The van der Waals surface area contributed by atoms with Crippen molar-refractivity contribution >= 4 is 38.6 Å². The van der Waals surface area contributed by atoms with Crippen molar-refractivity contribution in [2.24, 2.45) is 5.14 Å². The van der Waals surface area contributed by atoms with Crippen molar-refractivity contribution in [2.75, 3.05) is 0 Å². The van der Waals surface area contributed by atoms with Gasteiger partial charge in [0.05, 0.1) is 28.4 Å². The third-order valence-electron chi connectivity index (χ3n) is 3.90. The molecule has 0 aliphatic heterocycles. The minimum absolute atomic E-state index is 0.0142. The highest BCUT2D eigenvalue weighted by molar-refractivity contribution is 14.1. The predicted molar refractivity (Wildman–Crippen MR) is 109 cm³/mol. The molecule has 1 aromatic heterocycles. The van der Waals surface area contributed by atoms with Crippen molar-refractivity contribution < 1.29 is 18.3 Å². The van der Waals surface area contributed by atoms with Crippen molar-refractivity contribution in [3.63, 3.8) is 0 Å². The summed E-state index contributed by atoms with van der Waals surface area (Å²) in [7, 11) is -3.78. The smallest absolute Gasteiger partial charge is 0.303 e. The number of nitrogens with two attached hydrogens (primary N) is 1. The lowest BCUT2D eigenvalue weighted by Gasteiger charge is -2.08. The third-order valence-corrected chi connectivity index (χ3v) is 5.55. The van der Waals surface area contributed by atoms with E-state index in [0.717, 1.165) is 14.8 Å². The quantitative estimate of drug-likeness (QED) is 0.509. The SMILES string of the molecule is NS(=O)(=O)c1ccc(-n2nc(CCC(=O)O)cc2-c2ccc(I)cc2)cc1. The first kappa shape index (κ1) is 19.5. The van der Waals surface area contributed by atoms with Gasteiger partial charge >= 0.3 is 5.97 Å². The van der Waals surface area contributed by atoms with Crippen LogP contribution in [0.15, 0.2) is 59.5 Å². The van der Waals surface area contributed by atoms with Crippen LogP contribution in [0.2, 0.25) is 0 Å². The monoisotopic (exact) mass is 497 g/mol. The highest BCUT2D eigenvalue weighted by Crippen LogP contribution is 2.26. The molecule has 0 saturated heterocycles.